The monoisotopic (exact) mass is 486 g/mol. The Morgan fingerprint density at radius 1 is 0.771 bits per heavy atom. The van der Waals surface area contributed by atoms with E-state index in [2.05, 4.69) is 0 Å². The van der Waals surface area contributed by atoms with E-state index in [9.17, 15) is 23.4 Å². The van der Waals surface area contributed by atoms with Crippen molar-refractivity contribution in [3.05, 3.63) is 103 Å². The van der Waals surface area contributed by atoms with Gasteiger partial charge < -0.3 is 18.8 Å². The van der Waals surface area contributed by atoms with Crippen LogP contribution in [0.2, 0.25) is 0 Å². The van der Waals surface area contributed by atoms with Gasteiger partial charge in [-0.3, -0.25) is 0 Å². The molecule has 8 heteroatoms. The highest BCUT2D eigenvalue weighted by atomic mass is 32.2. The van der Waals surface area contributed by atoms with Crippen molar-refractivity contribution in [2.24, 2.45) is 0 Å². The summed E-state index contributed by atoms with van der Waals surface area (Å²) in [4.78, 5) is 11.0. The fourth-order valence-electron chi connectivity index (χ4n) is 3.90. The molecule has 174 valence electrons. The Balaban J connectivity index is 1.60. The Kier molecular flexibility index (Phi) is 5.50. The van der Waals surface area contributed by atoms with Crippen LogP contribution in [0.4, 0.5) is 0 Å². The zero-order valence-electron chi connectivity index (χ0n) is 18.1. The Morgan fingerprint density at radius 2 is 1.43 bits per heavy atom. The van der Waals surface area contributed by atoms with E-state index in [-0.39, 0.29) is 11.3 Å². The minimum atomic E-state index is -4.66. The van der Waals surface area contributed by atoms with Crippen molar-refractivity contribution < 1.29 is 32.0 Å². The van der Waals surface area contributed by atoms with Crippen LogP contribution in [0.25, 0.3) is 33.2 Å². The first kappa shape index (κ1) is 22.2. The van der Waals surface area contributed by atoms with Crippen molar-refractivity contribution in [2.45, 2.75) is 4.90 Å². The Bertz CT molecular complexity index is 1650. The molecule has 2 N–H and O–H groups in total. The number of carboxylic acids is 1. The van der Waals surface area contributed by atoms with Gasteiger partial charge in [-0.2, -0.15) is 8.42 Å². The van der Waals surface area contributed by atoms with Crippen LogP contribution in [0.3, 0.4) is 0 Å². The van der Waals surface area contributed by atoms with E-state index < -0.39 is 32.3 Å². The molecule has 0 atom stereocenters. The second-order valence-corrected chi connectivity index (χ2v) is 9.20. The third-order valence-electron chi connectivity index (χ3n) is 5.55. The van der Waals surface area contributed by atoms with Crippen molar-refractivity contribution in [1.29, 1.82) is 0 Å². The molecule has 0 aliphatic rings. The minimum Gasteiger partial charge on any atom is -0.506 e. The van der Waals surface area contributed by atoms with E-state index in [0.717, 1.165) is 17.2 Å². The number of carbonyl (C=O) groups is 1. The van der Waals surface area contributed by atoms with Crippen molar-refractivity contribution in [1.82, 2.24) is 0 Å². The van der Waals surface area contributed by atoms with Crippen LogP contribution in [-0.4, -0.2) is 24.6 Å². The number of rotatable bonds is 6. The van der Waals surface area contributed by atoms with Gasteiger partial charge in [0.05, 0.1) is 6.26 Å². The lowest BCUT2D eigenvalue weighted by molar-refractivity contribution is 0.0693. The van der Waals surface area contributed by atoms with Gasteiger partial charge in [0.1, 0.15) is 16.9 Å². The molecule has 7 nitrogen and oxygen atoms in total. The van der Waals surface area contributed by atoms with E-state index in [1.165, 1.54) is 24.5 Å². The van der Waals surface area contributed by atoms with Gasteiger partial charge in [-0.25, -0.2) is 4.79 Å². The molecular formula is C27H18O7S. The van der Waals surface area contributed by atoms with Gasteiger partial charge in [0.25, 0.3) is 0 Å². The van der Waals surface area contributed by atoms with Gasteiger partial charge in [0.2, 0.25) is 0 Å². The number of aromatic carboxylic acids is 1. The first-order valence-electron chi connectivity index (χ1n) is 10.5. The minimum absolute atomic E-state index is 0.00723. The highest BCUT2D eigenvalue weighted by Crippen LogP contribution is 2.41. The van der Waals surface area contributed by atoms with E-state index in [4.69, 9.17) is 8.60 Å². The molecule has 0 saturated heterocycles. The molecule has 5 aromatic rings. The van der Waals surface area contributed by atoms with Crippen molar-refractivity contribution >= 4 is 27.1 Å². The second kappa shape index (κ2) is 8.66. The number of aromatic hydroxyl groups is 1. The number of benzene rings is 4. The smallest absolute Gasteiger partial charge is 0.343 e. The number of furan rings is 1. The van der Waals surface area contributed by atoms with Crippen molar-refractivity contribution in [3.63, 3.8) is 0 Å². The normalized spacial score (nSPS) is 11.4. The number of para-hydroxylation sites is 1. The largest absolute Gasteiger partial charge is 0.506 e. The summed E-state index contributed by atoms with van der Waals surface area (Å²) in [5.74, 6) is -2.39. The summed E-state index contributed by atoms with van der Waals surface area (Å²) in [5.41, 5.74) is 2.17. The molecule has 0 fully saturated rings. The lowest BCUT2D eigenvalue weighted by Gasteiger charge is -2.14. The Hall–Kier alpha value is -4.56. The van der Waals surface area contributed by atoms with Crippen LogP contribution in [-0.2, 0) is 10.1 Å². The molecule has 0 saturated carbocycles. The molecule has 5 rings (SSSR count). The summed E-state index contributed by atoms with van der Waals surface area (Å²) in [6.45, 7) is 0. The molecule has 0 radical (unpaired) electrons. The first-order valence-corrected chi connectivity index (χ1v) is 11.9. The highest BCUT2D eigenvalue weighted by molar-refractivity contribution is 7.87. The summed E-state index contributed by atoms with van der Waals surface area (Å²) >= 11 is 0. The maximum Gasteiger partial charge on any atom is 0.343 e. The third kappa shape index (κ3) is 4.11. The summed E-state index contributed by atoms with van der Waals surface area (Å²) in [6, 6.07) is 25.3. The maximum absolute atomic E-state index is 13.4. The van der Waals surface area contributed by atoms with E-state index in [1.807, 2.05) is 30.3 Å². The van der Waals surface area contributed by atoms with Crippen LogP contribution in [0, 0.1) is 0 Å². The fraction of sp³-hybridized carbons (Fsp3) is 0. The lowest BCUT2D eigenvalue weighted by Crippen LogP contribution is -2.13. The van der Waals surface area contributed by atoms with Crippen LogP contribution in [0.1, 0.15) is 10.4 Å². The number of phenols is 1. The van der Waals surface area contributed by atoms with Crippen LogP contribution in [0.15, 0.2) is 107 Å². The average molecular weight is 487 g/mol. The Morgan fingerprint density at radius 3 is 2.14 bits per heavy atom. The van der Waals surface area contributed by atoms with Crippen LogP contribution < -0.4 is 4.18 Å². The molecule has 0 unspecified atom stereocenters. The summed E-state index contributed by atoms with van der Waals surface area (Å²) in [5, 5.41) is 20.8. The topological polar surface area (TPSA) is 114 Å². The highest BCUT2D eigenvalue weighted by Gasteiger charge is 2.31. The number of hydrogen-bond acceptors (Lipinski definition) is 6. The molecule has 0 aliphatic heterocycles. The molecular weight excluding hydrogens is 468 g/mol. The number of carboxylic acid groups (broad SMARTS) is 1. The predicted octanol–water partition coefficient (Wildman–Crippen LogP) is 5.94. The first-order chi connectivity index (χ1) is 16.8. The molecule has 1 heterocycles. The Labute approximate surface area is 200 Å². The molecule has 1 aromatic heterocycles. The van der Waals surface area contributed by atoms with Crippen molar-refractivity contribution in [2.75, 3.05) is 0 Å². The quantitative estimate of drug-likeness (QED) is 0.286. The van der Waals surface area contributed by atoms with Crippen LogP contribution >= 0.6 is 0 Å². The van der Waals surface area contributed by atoms with Gasteiger partial charge >= 0.3 is 16.1 Å². The third-order valence-corrected chi connectivity index (χ3v) is 6.88. The van der Waals surface area contributed by atoms with E-state index in [0.29, 0.717) is 16.5 Å². The van der Waals surface area contributed by atoms with Gasteiger partial charge in [-0.15, -0.1) is 0 Å². The van der Waals surface area contributed by atoms with Gasteiger partial charge in [0, 0.05) is 16.5 Å². The fourth-order valence-corrected chi connectivity index (χ4v) is 5.14. The van der Waals surface area contributed by atoms with E-state index >= 15 is 0 Å². The van der Waals surface area contributed by atoms with Crippen molar-refractivity contribution in [3.8, 4) is 33.8 Å². The average Bonchev–Trinajstić information content (AvgIpc) is 3.28. The molecule has 4 aromatic carbocycles. The SMILES string of the molecule is O=C(O)c1ccc(-c2coc3ccccc23)c(S(=O)(=O)Oc2ccc(-c3ccccc3)cc2)c1O. The second-order valence-electron chi connectivity index (χ2n) is 7.72. The standard InChI is InChI=1S/C27H18O7S/c28-25-22(27(29)30)15-14-21(23-16-33-24-9-5-4-8-20(23)24)26(25)35(31,32)34-19-12-10-18(11-13-19)17-6-2-1-3-7-17/h1-16,28H,(H,29,30). The maximum atomic E-state index is 13.4. The molecule has 0 amide bonds. The summed E-state index contributed by atoms with van der Waals surface area (Å²) in [7, 11) is -4.66. The van der Waals surface area contributed by atoms with Gasteiger partial charge in [0.15, 0.2) is 10.6 Å². The van der Waals surface area contributed by atoms with E-state index in [1.54, 1.807) is 36.4 Å². The molecule has 0 aliphatic carbocycles. The predicted molar refractivity (Wildman–Crippen MR) is 130 cm³/mol. The van der Waals surface area contributed by atoms with Gasteiger partial charge in [-0.05, 0) is 35.4 Å². The van der Waals surface area contributed by atoms with Crippen LogP contribution in [0.5, 0.6) is 11.5 Å². The number of hydrogen-bond donors (Lipinski definition) is 2. The summed E-state index contributed by atoms with van der Waals surface area (Å²) in [6.07, 6.45) is 1.35. The number of fused-ring (bicyclic) bond motifs is 1. The molecule has 0 spiro atoms. The van der Waals surface area contributed by atoms with Gasteiger partial charge in [-0.1, -0.05) is 66.7 Å². The molecule has 0 bridgehead atoms. The summed E-state index contributed by atoms with van der Waals surface area (Å²) < 4.78 is 37.7. The lowest BCUT2D eigenvalue weighted by atomic mass is 10.0. The zero-order valence-corrected chi connectivity index (χ0v) is 18.9. The molecule has 35 heavy (non-hydrogen) atoms. The zero-order chi connectivity index (χ0) is 24.6.